The number of guanidine groups is 1. The van der Waals surface area contributed by atoms with Crippen molar-refractivity contribution in [3.05, 3.63) is 0 Å². The quantitative estimate of drug-likeness (QED) is 0.565. The average molecular weight is 383 g/mol. The van der Waals surface area contributed by atoms with E-state index in [1.54, 1.807) is 0 Å². The molecule has 0 aromatic heterocycles. The van der Waals surface area contributed by atoms with E-state index in [0.717, 1.165) is 38.8 Å². The van der Waals surface area contributed by atoms with Crippen LogP contribution in [0.15, 0.2) is 4.99 Å². The second kappa shape index (κ2) is 10.2. The standard InChI is InChI=1S/C20H38N4OS/c1-3-21-19(23(2)15-18-7-12-25-16-18)22-17-20(8-5-4-6-9-20)24-10-13-26-14-11-24/h18H,3-17H2,1-2H3,(H,21,22). The van der Waals surface area contributed by atoms with Crippen LogP contribution in [0.3, 0.4) is 0 Å². The Morgan fingerprint density at radius 2 is 2.04 bits per heavy atom. The SMILES string of the molecule is CCNC(=NCC1(N2CCSCC2)CCCCC1)N(C)CC1CCOC1. The Bertz CT molecular complexity index is 441. The predicted molar refractivity (Wildman–Crippen MR) is 112 cm³/mol. The minimum absolute atomic E-state index is 0.303. The van der Waals surface area contributed by atoms with Crippen LogP contribution in [0, 0.1) is 5.92 Å². The van der Waals surface area contributed by atoms with Gasteiger partial charge in [0.05, 0.1) is 13.2 Å². The molecule has 1 saturated carbocycles. The van der Waals surface area contributed by atoms with Gasteiger partial charge in [0.15, 0.2) is 5.96 Å². The molecule has 0 radical (unpaired) electrons. The molecule has 2 aliphatic heterocycles. The average Bonchev–Trinajstić information content (AvgIpc) is 3.19. The summed E-state index contributed by atoms with van der Waals surface area (Å²) in [5.41, 5.74) is 0.303. The third kappa shape index (κ3) is 5.29. The zero-order valence-electron chi connectivity index (χ0n) is 16.8. The van der Waals surface area contributed by atoms with E-state index in [4.69, 9.17) is 9.73 Å². The summed E-state index contributed by atoms with van der Waals surface area (Å²) in [4.78, 5) is 10.3. The Morgan fingerprint density at radius 1 is 1.27 bits per heavy atom. The molecule has 0 bridgehead atoms. The minimum atomic E-state index is 0.303. The van der Waals surface area contributed by atoms with Gasteiger partial charge in [-0.3, -0.25) is 9.89 Å². The van der Waals surface area contributed by atoms with E-state index in [-0.39, 0.29) is 0 Å². The first kappa shape index (κ1) is 20.3. The molecular weight excluding hydrogens is 344 g/mol. The van der Waals surface area contributed by atoms with Crippen LogP contribution in [0.1, 0.15) is 45.4 Å². The summed E-state index contributed by atoms with van der Waals surface area (Å²) in [5.74, 6) is 4.29. The third-order valence-electron chi connectivity index (χ3n) is 6.24. The number of hydrogen-bond donors (Lipinski definition) is 1. The topological polar surface area (TPSA) is 40.1 Å². The van der Waals surface area contributed by atoms with Crippen LogP contribution in [0.5, 0.6) is 0 Å². The molecule has 3 aliphatic rings. The van der Waals surface area contributed by atoms with Crippen LogP contribution in [0.25, 0.3) is 0 Å². The summed E-state index contributed by atoms with van der Waals surface area (Å²) >= 11 is 2.11. The molecule has 2 saturated heterocycles. The maximum atomic E-state index is 5.55. The lowest BCUT2D eigenvalue weighted by molar-refractivity contribution is 0.0669. The van der Waals surface area contributed by atoms with Gasteiger partial charge in [-0.2, -0.15) is 11.8 Å². The lowest BCUT2D eigenvalue weighted by Crippen LogP contribution is -2.55. The Morgan fingerprint density at radius 3 is 2.69 bits per heavy atom. The van der Waals surface area contributed by atoms with Gasteiger partial charge >= 0.3 is 0 Å². The molecule has 6 heteroatoms. The van der Waals surface area contributed by atoms with Crippen molar-refractivity contribution in [3.8, 4) is 0 Å². The van der Waals surface area contributed by atoms with Gasteiger partial charge < -0.3 is 15.0 Å². The van der Waals surface area contributed by atoms with Crippen molar-refractivity contribution in [3.63, 3.8) is 0 Å². The van der Waals surface area contributed by atoms with Crippen molar-refractivity contribution in [2.45, 2.75) is 51.0 Å². The highest BCUT2D eigenvalue weighted by Crippen LogP contribution is 2.35. The fourth-order valence-corrected chi connectivity index (χ4v) is 5.62. The molecule has 0 aromatic carbocycles. The van der Waals surface area contributed by atoms with Crippen molar-refractivity contribution in [1.29, 1.82) is 0 Å². The minimum Gasteiger partial charge on any atom is -0.381 e. The van der Waals surface area contributed by atoms with Crippen molar-refractivity contribution < 1.29 is 4.74 Å². The van der Waals surface area contributed by atoms with Gasteiger partial charge in [-0.25, -0.2) is 0 Å². The highest BCUT2D eigenvalue weighted by Gasteiger charge is 2.38. The number of hydrogen-bond acceptors (Lipinski definition) is 4. The van der Waals surface area contributed by atoms with E-state index >= 15 is 0 Å². The molecule has 3 rings (SSSR count). The maximum absolute atomic E-state index is 5.55. The van der Waals surface area contributed by atoms with E-state index in [9.17, 15) is 0 Å². The Balaban J connectivity index is 1.67. The van der Waals surface area contributed by atoms with Crippen LogP contribution >= 0.6 is 11.8 Å². The Labute approximate surface area is 164 Å². The number of rotatable bonds is 6. The highest BCUT2D eigenvalue weighted by atomic mass is 32.2. The number of nitrogens with zero attached hydrogens (tertiary/aromatic N) is 3. The van der Waals surface area contributed by atoms with Crippen molar-refractivity contribution in [2.24, 2.45) is 10.9 Å². The summed E-state index contributed by atoms with van der Waals surface area (Å²) in [6.45, 7) is 9.39. The smallest absolute Gasteiger partial charge is 0.193 e. The molecule has 0 amide bonds. The second-order valence-corrected chi connectivity index (χ2v) is 9.39. The van der Waals surface area contributed by atoms with Crippen LogP contribution in [-0.2, 0) is 4.74 Å². The van der Waals surface area contributed by atoms with Crippen molar-refractivity contribution in [2.75, 3.05) is 64.5 Å². The zero-order valence-corrected chi connectivity index (χ0v) is 17.7. The van der Waals surface area contributed by atoms with Crippen LogP contribution < -0.4 is 5.32 Å². The molecule has 1 atom stereocenters. The van der Waals surface area contributed by atoms with Crippen LogP contribution in [0.2, 0.25) is 0 Å². The zero-order chi connectivity index (χ0) is 18.2. The molecule has 1 N–H and O–H groups in total. The van der Waals surface area contributed by atoms with Gasteiger partial charge in [0.25, 0.3) is 0 Å². The molecule has 150 valence electrons. The summed E-state index contributed by atoms with van der Waals surface area (Å²) in [7, 11) is 2.19. The first-order chi connectivity index (χ1) is 12.7. The number of thioether (sulfide) groups is 1. The molecule has 0 spiro atoms. The number of ether oxygens (including phenoxy) is 1. The molecular formula is C20H38N4OS. The first-order valence-electron chi connectivity index (χ1n) is 10.6. The lowest BCUT2D eigenvalue weighted by Gasteiger charge is -2.47. The fourth-order valence-electron chi connectivity index (χ4n) is 4.71. The van der Waals surface area contributed by atoms with E-state index < -0.39 is 0 Å². The monoisotopic (exact) mass is 382 g/mol. The van der Waals surface area contributed by atoms with Gasteiger partial charge in [-0.05, 0) is 26.2 Å². The molecule has 0 aromatic rings. The van der Waals surface area contributed by atoms with Crippen LogP contribution in [0.4, 0.5) is 0 Å². The second-order valence-electron chi connectivity index (χ2n) is 8.16. The molecule has 26 heavy (non-hydrogen) atoms. The van der Waals surface area contributed by atoms with E-state index in [1.807, 2.05) is 0 Å². The van der Waals surface area contributed by atoms with Gasteiger partial charge in [0.1, 0.15) is 0 Å². The van der Waals surface area contributed by atoms with Gasteiger partial charge in [0, 0.05) is 62.8 Å². The van der Waals surface area contributed by atoms with Crippen molar-refractivity contribution in [1.82, 2.24) is 15.1 Å². The maximum Gasteiger partial charge on any atom is 0.193 e. The normalized spacial score (nSPS) is 27.5. The molecule has 3 fully saturated rings. The number of aliphatic imine (C=N–C) groups is 1. The van der Waals surface area contributed by atoms with Gasteiger partial charge in [0.2, 0.25) is 0 Å². The van der Waals surface area contributed by atoms with E-state index in [2.05, 4.69) is 40.8 Å². The summed E-state index contributed by atoms with van der Waals surface area (Å²) < 4.78 is 5.55. The predicted octanol–water partition coefficient (Wildman–Crippen LogP) is 2.67. The summed E-state index contributed by atoms with van der Waals surface area (Å²) in [6.07, 6.45) is 7.95. The van der Waals surface area contributed by atoms with E-state index in [0.29, 0.717) is 11.5 Å². The highest BCUT2D eigenvalue weighted by molar-refractivity contribution is 7.99. The summed E-state index contributed by atoms with van der Waals surface area (Å²) in [6, 6.07) is 0. The molecule has 2 heterocycles. The van der Waals surface area contributed by atoms with Crippen molar-refractivity contribution >= 4 is 17.7 Å². The van der Waals surface area contributed by atoms with E-state index in [1.165, 1.54) is 63.1 Å². The molecule has 5 nitrogen and oxygen atoms in total. The third-order valence-corrected chi connectivity index (χ3v) is 7.18. The Hall–Kier alpha value is -0.460. The number of nitrogens with one attached hydrogen (secondary N) is 1. The Kier molecular flexibility index (Phi) is 7.94. The van der Waals surface area contributed by atoms with Gasteiger partial charge in [-0.1, -0.05) is 19.3 Å². The lowest BCUT2D eigenvalue weighted by atomic mass is 9.80. The largest absolute Gasteiger partial charge is 0.381 e. The first-order valence-corrected chi connectivity index (χ1v) is 11.8. The van der Waals surface area contributed by atoms with Crippen LogP contribution in [-0.4, -0.2) is 85.8 Å². The fraction of sp³-hybridized carbons (Fsp3) is 0.950. The molecule has 1 unspecified atom stereocenters. The van der Waals surface area contributed by atoms with Gasteiger partial charge in [-0.15, -0.1) is 0 Å². The summed E-state index contributed by atoms with van der Waals surface area (Å²) in [5, 5.41) is 3.53. The molecule has 1 aliphatic carbocycles.